The highest BCUT2D eigenvalue weighted by Gasteiger charge is 2.11. The maximum Gasteiger partial charge on any atom is 0.156 e. The minimum Gasteiger partial charge on any atom is -0.311 e. The zero-order valence-electron chi connectivity index (χ0n) is 8.99. The molecule has 0 aliphatic carbocycles. The fourth-order valence-electron chi connectivity index (χ4n) is 1.04. The first-order valence-corrected chi connectivity index (χ1v) is 7.62. The lowest BCUT2D eigenvalue weighted by molar-refractivity contribution is 0.596. The second-order valence-corrected chi connectivity index (χ2v) is 6.49. The molecule has 6 heteroatoms. The number of nitrogens with zero attached hydrogens (tertiary/aromatic N) is 1. The van der Waals surface area contributed by atoms with Crippen molar-refractivity contribution in [1.82, 2.24) is 10.3 Å². The molecule has 0 saturated heterocycles. The molecule has 0 aromatic carbocycles. The highest BCUT2D eigenvalue weighted by atomic mass is 32.2. The summed E-state index contributed by atoms with van der Waals surface area (Å²) < 4.78 is 22.7. The van der Waals surface area contributed by atoms with Gasteiger partial charge in [0.2, 0.25) is 0 Å². The molecule has 0 bridgehead atoms. The zero-order chi connectivity index (χ0) is 11.3. The summed E-state index contributed by atoms with van der Waals surface area (Å²) in [6, 6.07) is 0. The molecule has 15 heavy (non-hydrogen) atoms. The lowest BCUT2D eigenvalue weighted by atomic mass is 10.5. The van der Waals surface area contributed by atoms with Gasteiger partial charge in [-0.2, -0.15) is 0 Å². The summed E-state index contributed by atoms with van der Waals surface area (Å²) in [5, 5.41) is 5.74. The molecule has 1 heterocycles. The van der Waals surface area contributed by atoms with Gasteiger partial charge in [0.25, 0.3) is 0 Å². The smallest absolute Gasteiger partial charge is 0.156 e. The molecule has 86 valence electrons. The van der Waals surface area contributed by atoms with E-state index in [1.54, 1.807) is 6.92 Å². The molecule has 1 aromatic rings. The first-order chi connectivity index (χ1) is 7.07. The van der Waals surface area contributed by atoms with Crippen molar-refractivity contribution in [1.29, 1.82) is 0 Å². The third-order valence-corrected chi connectivity index (χ3v) is 4.61. The average Bonchev–Trinajstić information content (AvgIpc) is 2.62. The maximum absolute atomic E-state index is 11.3. The third kappa shape index (κ3) is 4.27. The van der Waals surface area contributed by atoms with Gasteiger partial charge in [-0.05, 0) is 6.54 Å². The van der Waals surface area contributed by atoms with E-state index in [1.165, 1.54) is 11.3 Å². The Morgan fingerprint density at radius 3 is 2.80 bits per heavy atom. The van der Waals surface area contributed by atoms with Crippen molar-refractivity contribution in [3.8, 4) is 0 Å². The Hall–Kier alpha value is -0.460. The number of rotatable bonds is 6. The van der Waals surface area contributed by atoms with Gasteiger partial charge in [-0.15, -0.1) is 11.3 Å². The van der Waals surface area contributed by atoms with Gasteiger partial charge in [0.15, 0.2) is 9.84 Å². The quantitative estimate of drug-likeness (QED) is 0.821. The largest absolute Gasteiger partial charge is 0.311 e. The van der Waals surface area contributed by atoms with E-state index >= 15 is 0 Å². The molecule has 0 aliphatic rings. The van der Waals surface area contributed by atoms with Crippen LogP contribution < -0.4 is 5.32 Å². The highest BCUT2D eigenvalue weighted by molar-refractivity contribution is 7.90. The monoisotopic (exact) mass is 248 g/mol. The zero-order valence-corrected chi connectivity index (χ0v) is 10.6. The predicted molar refractivity (Wildman–Crippen MR) is 62.7 cm³/mol. The number of thiazole rings is 1. The van der Waals surface area contributed by atoms with Crippen LogP contribution in [0.15, 0.2) is 5.38 Å². The molecule has 0 fully saturated rings. The average molecular weight is 248 g/mol. The molecule has 0 spiro atoms. The summed E-state index contributed by atoms with van der Waals surface area (Å²) in [5.74, 6) is 0.245. The molecule has 0 atom stereocenters. The van der Waals surface area contributed by atoms with Crippen LogP contribution in [0.3, 0.4) is 0 Å². The predicted octanol–water partition coefficient (Wildman–Crippen LogP) is 1.19. The van der Waals surface area contributed by atoms with Crippen LogP contribution in [-0.2, 0) is 22.1 Å². The van der Waals surface area contributed by atoms with Gasteiger partial charge in [-0.1, -0.05) is 13.8 Å². The SMILES string of the molecule is CCNCc1csc(CS(=O)(=O)CC)n1. The van der Waals surface area contributed by atoms with E-state index in [9.17, 15) is 8.42 Å². The van der Waals surface area contributed by atoms with Crippen LogP contribution in [0.2, 0.25) is 0 Å². The molecule has 1 aromatic heterocycles. The summed E-state index contributed by atoms with van der Waals surface area (Å²) in [6.07, 6.45) is 0. The molecule has 1 rings (SSSR count). The molecule has 1 N–H and O–H groups in total. The number of hydrogen-bond acceptors (Lipinski definition) is 5. The summed E-state index contributed by atoms with van der Waals surface area (Å²) in [6.45, 7) is 5.27. The first kappa shape index (κ1) is 12.6. The number of sulfone groups is 1. The maximum atomic E-state index is 11.3. The van der Waals surface area contributed by atoms with Crippen LogP contribution in [0.4, 0.5) is 0 Å². The molecule has 0 unspecified atom stereocenters. The van der Waals surface area contributed by atoms with E-state index < -0.39 is 9.84 Å². The van der Waals surface area contributed by atoms with Crippen molar-refractivity contribution in [3.63, 3.8) is 0 Å². The van der Waals surface area contributed by atoms with E-state index in [-0.39, 0.29) is 11.5 Å². The molecule has 0 saturated carbocycles. The molecule has 0 radical (unpaired) electrons. The van der Waals surface area contributed by atoms with Crippen LogP contribution in [0.25, 0.3) is 0 Å². The number of hydrogen-bond donors (Lipinski definition) is 1. The van der Waals surface area contributed by atoms with Crippen LogP contribution in [0.5, 0.6) is 0 Å². The molecular formula is C9H16N2O2S2. The van der Waals surface area contributed by atoms with E-state index in [0.717, 1.165) is 12.2 Å². The number of aromatic nitrogens is 1. The van der Waals surface area contributed by atoms with Crippen molar-refractivity contribution in [2.75, 3.05) is 12.3 Å². The Balaban J connectivity index is 2.60. The number of nitrogens with one attached hydrogen (secondary N) is 1. The van der Waals surface area contributed by atoms with E-state index in [2.05, 4.69) is 10.3 Å². The van der Waals surface area contributed by atoms with Crippen molar-refractivity contribution >= 4 is 21.2 Å². The van der Waals surface area contributed by atoms with E-state index in [0.29, 0.717) is 11.6 Å². The fraction of sp³-hybridized carbons (Fsp3) is 0.667. The second-order valence-electron chi connectivity index (χ2n) is 3.19. The highest BCUT2D eigenvalue weighted by Crippen LogP contribution is 2.13. The Labute approximate surface area is 94.7 Å². The van der Waals surface area contributed by atoms with Crippen LogP contribution in [-0.4, -0.2) is 25.7 Å². The summed E-state index contributed by atoms with van der Waals surface area (Å²) >= 11 is 1.41. The Bertz CT molecular complexity index is 398. The Kier molecular flexibility index (Phi) is 4.69. The fourth-order valence-corrected chi connectivity index (χ4v) is 3.07. The lowest BCUT2D eigenvalue weighted by Crippen LogP contribution is -2.12. The van der Waals surface area contributed by atoms with Gasteiger partial charge in [-0.25, -0.2) is 13.4 Å². The molecule has 4 nitrogen and oxygen atoms in total. The van der Waals surface area contributed by atoms with Gasteiger partial charge >= 0.3 is 0 Å². The lowest BCUT2D eigenvalue weighted by Gasteiger charge is -1.97. The van der Waals surface area contributed by atoms with E-state index in [1.807, 2.05) is 12.3 Å². The standard InChI is InChI=1S/C9H16N2O2S2/c1-3-10-5-8-6-14-9(11-8)7-15(12,13)4-2/h6,10H,3-5,7H2,1-2H3. The van der Waals surface area contributed by atoms with Crippen LogP contribution >= 0.6 is 11.3 Å². The van der Waals surface area contributed by atoms with Crippen molar-refractivity contribution in [2.24, 2.45) is 0 Å². The summed E-state index contributed by atoms with van der Waals surface area (Å²) in [5.41, 5.74) is 0.920. The second kappa shape index (κ2) is 5.58. The first-order valence-electron chi connectivity index (χ1n) is 4.91. The minimum absolute atomic E-state index is 0.0697. The van der Waals surface area contributed by atoms with Gasteiger partial charge in [0.05, 0.1) is 5.69 Å². The van der Waals surface area contributed by atoms with E-state index in [4.69, 9.17) is 0 Å². The Morgan fingerprint density at radius 1 is 1.47 bits per heavy atom. The topological polar surface area (TPSA) is 59.1 Å². The van der Waals surface area contributed by atoms with Gasteiger partial charge in [-0.3, -0.25) is 0 Å². The molecular weight excluding hydrogens is 232 g/mol. The van der Waals surface area contributed by atoms with Crippen LogP contribution in [0, 0.1) is 0 Å². The van der Waals surface area contributed by atoms with Crippen molar-refractivity contribution in [2.45, 2.75) is 26.1 Å². The molecule has 0 aliphatic heterocycles. The van der Waals surface area contributed by atoms with Gasteiger partial charge in [0, 0.05) is 17.7 Å². The summed E-state index contributed by atoms with van der Waals surface area (Å²) in [7, 11) is -2.95. The molecule has 0 amide bonds. The van der Waals surface area contributed by atoms with Gasteiger partial charge < -0.3 is 5.32 Å². The van der Waals surface area contributed by atoms with Crippen molar-refractivity contribution < 1.29 is 8.42 Å². The third-order valence-electron chi connectivity index (χ3n) is 1.94. The van der Waals surface area contributed by atoms with Crippen molar-refractivity contribution in [3.05, 3.63) is 16.1 Å². The Morgan fingerprint density at radius 2 is 2.20 bits per heavy atom. The normalized spacial score (nSPS) is 11.9. The van der Waals surface area contributed by atoms with Crippen LogP contribution in [0.1, 0.15) is 24.5 Å². The summed E-state index contributed by atoms with van der Waals surface area (Å²) in [4.78, 5) is 4.26. The van der Waals surface area contributed by atoms with Gasteiger partial charge in [0.1, 0.15) is 10.8 Å². The minimum atomic E-state index is -2.95.